The Labute approximate surface area is 145 Å². The zero-order valence-corrected chi connectivity index (χ0v) is 14.2. The number of carbonyl (C=O) groups excluding carboxylic acids is 1. The summed E-state index contributed by atoms with van der Waals surface area (Å²) in [5.41, 5.74) is 4.22. The predicted octanol–water partition coefficient (Wildman–Crippen LogP) is -1.25. The molecular formula is C15H15B2ClN2O4. The van der Waals surface area contributed by atoms with E-state index in [1.54, 1.807) is 6.07 Å². The minimum atomic E-state index is -1.18. The molecule has 0 atom stereocenters. The van der Waals surface area contributed by atoms with Crippen molar-refractivity contribution >= 4 is 50.1 Å². The first-order valence-corrected chi connectivity index (χ1v) is 7.55. The number of amides is 1. The minimum absolute atomic E-state index is 0.229. The molecule has 1 heterocycles. The number of aliphatic carboxylic acids is 1. The molecule has 0 unspecified atom stereocenters. The fraction of sp³-hybridized carbons (Fsp3) is 0.133. The van der Waals surface area contributed by atoms with Crippen LogP contribution >= 0.6 is 11.6 Å². The molecule has 0 aliphatic carbocycles. The van der Waals surface area contributed by atoms with E-state index < -0.39 is 18.4 Å². The Bertz CT molecular complexity index is 843. The van der Waals surface area contributed by atoms with Gasteiger partial charge in [0.15, 0.2) is 5.69 Å². The van der Waals surface area contributed by atoms with Crippen molar-refractivity contribution < 1.29 is 19.8 Å². The smallest absolute Gasteiger partial charge is 0.322 e. The number of nitrogens with zero attached hydrogens (tertiary/aromatic N) is 1. The van der Waals surface area contributed by atoms with E-state index in [0.717, 1.165) is 22.1 Å². The Morgan fingerprint density at radius 3 is 2.54 bits per heavy atom. The normalized spacial score (nSPS) is 10.4. The summed E-state index contributed by atoms with van der Waals surface area (Å²) < 4.78 is 0. The number of carboxylic acids is 1. The molecule has 122 valence electrons. The number of benzene rings is 1. The molecule has 0 bridgehead atoms. The lowest BCUT2D eigenvalue weighted by molar-refractivity contribution is -0.135. The van der Waals surface area contributed by atoms with Crippen molar-refractivity contribution in [3.8, 4) is 16.9 Å². The maximum absolute atomic E-state index is 11.8. The predicted molar refractivity (Wildman–Crippen MR) is 97.4 cm³/mol. The van der Waals surface area contributed by atoms with Gasteiger partial charge in [0.1, 0.15) is 28.0 Å². The van der Waals surface area contributed by atoms with Gasteiger partial charge in [0.05, 0.1) is 0 Å². The van der Waals surface area contributed by atoms with Gasteiger partial charge in [-0.15, -0.1) is 0 Å². The molecule has 1 aromatic heterocycles. The van der Waals surface area contributed by atoms with Gasteiger partial charge >= 0.3 is 5.97 Å². The van der Waals surface area contributed by atoms with Crippen LogP contribution in [0.1, 0.15) is 16.1 Å². The van der Waals surface area contributed by atoms with Gasteiger partial charge in [0, 0.05) is 16.8 Å². The fourth-order valence-corrected chi connectivity index (χ4v) is 2.57. The highest BCUT2D eigenvalue weighted by Gasteiger charge is 2.16. The van der Waals surface area contributed by atoms with Crippen LogP contribution in [0.3, 0.4) is 0 Å². The van der Waals surface area contributed by atoms with Crippen LogP contribution in [0, 0.1) is 6.92 Å². The van der Waals surface area contributed by atoms with Crippen molar-refractivity contribution in [2.24, 2.45) is 0 Å². The van der Waals surface area contributed by atoms with Gasteiger partial charge in [-0.05, 0) is 30.2 Å². The highest BCUT2D eigenvalue weighted by molar-refractivity contribution is 6.55. The van der Waals surface area contributed by atoms with E-state index in [0.29, 0.717) is 10.6 Å². The molecule has 2 rings (SSSR count). The summed E-state index contributed by atoms with van der Waals surface area (Å²) in [4.78, 5) is 26.3. The highest BCUT2D eigenvalue weighted by Crippen LogP contribution is 2.28. The molecule has 2 aromatic rings. The van der Waals surface area contributed by atoms with Crippen LogP contribution in [0.5, 0.6) is 5.75 Å². The summed E-state index contributed by atoms with van der Waals surface area (Å²) in [6.45, 7) is 1.39. The summed E-state index contributed by atoms with van der Waals surface area (Å²) in [5.74, 6) is -2.26. The second-order valence-electron chi connectivity index (χ2n) is 5.45. The molecule has 0 radical (unpaired) electrons. The number of aromatic hydroxyl groups is 1. The molecule has 0 saturated carbocycles. The first-order valence-electron chi connectivity index (χ1n) is 7.18. The lowest BCUT2D eigenvalue weighted by atomic mass is 9.76. The molecule has 1 aromatic carbocycles. The zero-order chi connectivity index (χ0) is 18.0. The van der Waals surface area contributed by atoms with Crippen LogP contribution in [0.2, 0.25) is 5.02 Å². The number of hydrogen-bond donors (Lipinski definition) is 3. The monoisotopic (exact) mass is 344 g/mol. The topological polar surface area (TPSA) is 99.5 Å². The van der Waals surface area contributed by atoms with Crippen LogP contribution in [0.15, 0.2) is 18.3 Å². The number of carboxylic acid groups (broad SMARTS) is 1. The van der Waals surface area contributed by atoms with Gasteiger partial charge in [-0.25, -0.2) is 4.98 Å². The van der Waals surface area contributed by atoms with Crippen molar-refractivity contribution in [2.45, 2.75) is 6.92 Å². The zero-order valence-electron chi connectivity index (χ0n) is 13.5. The summed E-state index contributed by atoms with van der Waals surface area (Å²) in [6, 6.07) is 3.20. The van der Waals surface area contributed by atoms with Crippen LogP contribution < -0.4 is 16.2 Å². The molecule has 6 nitrogen and oxygen atoms in total. The van der Waals surface area contributed by atoms with E-state index in [4.69, 9.17) is 16.7 Å². The van der Waals surface area contributed by atoms with Gasteiger partial charge in [0.2, 0.25) is 0 Å². The second-order valence-corrected chi connectivity index (χ2v) is 5.86. The van der Waals surface area contributed by atoms with E-state index in [-0.39, 0.29) is 11.4 Å². The Morgan fingerprint density at radius 1 is 1.29 bits per heavy atom. The Balaban J connectivity index is 2.40. The summed E-state index contributed by atoms with van der Waals surface area (Å²) in [5, 5.41) is 21.4. The van der Waals surface area contributed by atoms with E-state index in [1.165, 1.54) is 12.3 Å². The van der Waals surface area contributed by atoms with Crippen LogP contribution in [0.4, 0.5) is 0 Å². The number of nitrogens with one attached hydrogen (secondary N) is 1. The van der Waals surface area contributed by atoms with Crippen molar-refractivity contribution in [1.82, 2.24) is 10.3 Å². The van der Waals surface area contributed by atoms with Gasteiger partial charge < -0.3 is 15.5 Å². The Hall–Kier alpha value is -2.47. The number of hydrogen-bond acceptors (Lipinski definition) is 4. The van der Waals surface area contributed by atoms with E-state index in [2.05, 4.69) is 10.3 Å². The third-order valence-electron chi connectivity index (χ3n) is 3.95. The molecule has 0 aliphatic rings. The van der Waals surface area contributed by atoms with Crippen LogP contribution in [0.25, 0.3) is 11.1 Å². The largest absolute Gasteiger partial charge is 0.505 e. The van der Waals surface area contributed by atoms with Gasteiger partial charge in [0.25, 0.3) is 5.91 Å². The van der Waals surface area contributed by atoms with E-state index >= 15 is 0 Å². The number of halogens is 1. The molecule has 24 heavy (non-hydrogen) atoms. The average molecular weight is 344 g/mol. The molecule has 9 heteroatoms. The second kappa shape index (κ2) is 6.97. The lowest BCUT2D eigenvalue weighted by Gasteiger charge is -2.14. The van der Waals surface area contributed by atoms with Crippen molar-refractivity contribution in [1.29, 1.82) is 0 Å². The molecule has 0 fully saturated rings. The molecule has 1 amide bonds. The first-order chi connectivity index (χ1) is 11.2. The van der Waals surface area contributed by atoms with Gasteiger partial charge in [-0.1, -0.05) is 22.5 Å². The van der Waals surface area contributed by atoms with Crippen LogP contribution in [-0.4, -0.2) is 49.3 Å². The number of pyridine rings is 1. The SMILES string of the molecule is Bc1c(Cl)cc(-c2cnc(C(=O)NCC(=O)O)c(O)c2)c(C)c1B. The molecular weight excluding hydrogens is 329 g/mol. The Kier molecular flexibility index (Phi) is 5.19. The maximum Gasteiger partial charge on any atom is 0.322 e. The standard InChI is InChI=1S/C15H15B2ClN2O4/c1-6-8(3-9(18)13(17)12(6)16)7-2-10(21)14(19-4-7)15(24)20-5-11(22)23/h2-4,21H,5,16-17H2,1H3,(H,20,24)(H,22,23). The third-order valence-corrected chi connectivity index (χ3v) is 4.34. The number of rotatable bonds is 4. The molecule has 3 N–H and O–H groups in total. The van der Waals surface area contributed by atoms with Gasteiger partial charge in [-0.3, -0.25) is 9.59 Å². The van der Waals surface area contributed by atoms with E-state index in [1.807, 2.05) is 22.6 Å². The van der Waals surface area contributed by atoms with Crippen molar-refractivity contribution in [2.75, 3.05) is 6.54 Å². The first kappa shape index (κ1) is 17.9. The number of carbonyl (C=O) groups is 2. The maximum atomic E-state index is 11.8. The van der Waals surface area contributed by atoms with Crippen LogP contribution in [-0.2, 0) is 4.79 Å². The fourth-order valence-electron chi connectivity index (χ4n) is 2.32. The molecule has 0 aliphatic heterocycles. The molecule has 0 spiro atoms. The Morgan fingerprint density at radius 2 is 1.96 bits per heavy atom. The molecule has 0 saturated heterocycles. The minimum Gasteiger partial charge on any atom is -0.505 e. The lowest BCUT2D eigenvalue weighted by Crippen LogP contribution is -2.30. The number of aromatic nitrogens is 1. The summed E-state index contributed by atoms with van der Waals surface area (Å²) in [7, 11) is 3.89. The quantitative estimate of drug-likeness (QED) is 0.602. The highest BCUT2D eigenvalue weighted by atomic mass is 35.5. The van der Waals surface area contributed by atoms with Gasteiger partial charge in [-0.2, -0.15) is 0 Å². The average Bonchev–Trinajstić information content (AvgIpc) is 2.53. The van der Waals surface area contributed by atoms with Crippen molar-refractivity contribution in [3.05, 3.63) is 34.6 Å². The van der Waals surface area contributed by atoms with E-state index in [9.17, 15) is 14.7 Å². The summed E-state index contributed by atoms with van der Waals surface area (Å²) >= 11 is 6.23. The third kappa shape index (κ3) is 3.54. The summed E-state index contributed by atoms with van der Waals surface area (Å²) in [6.07, 6.45) is 1.45. The van der Waals surface area contributed by atoms with Crippen molar-refractivity contribution in [3.63, 3.8) is 0 Å².